The first-order chi connectivity index (χ1) is 13.5. The zero-order valence-electron chi connectivity index (χ0n) is 16.4. The molecule has 2 heterocycles. The van der Waals surface area contributed by atoms with Gasteiger partial charge in [-0.2, -0.15) is 0 Å². The van der Waals surface area contributed by atoms with E-state index >= 15 is 0 Å². The van der Waals surface area contributed by atoms with E-state index in [2.05, 4.69) is 10.3 Å². The molecule has 7 nitrogen and oxygen atoms in total. The van der Waals surface area contributed by atoms with Crippen LogP contribution in [0.25, 0.3) is 0 Å². The minimum Gasteiger partial charge on any atom is -0.493 e. The maximum Gasteiger partial charge on any atom is 0.257 e. The number of aryl methyl sites for hydroxylation is 1. The molecule has 1 aliphatic rings. The first kappa shape index (κ1) is 19.7. The third-order valence-corrected chi connectivity index (χ3v) is 4.88. The van der Waals surface area contributed by atoms with Crippen LogP contribution < -0.4 is 14.8 Å². The Labute approximate surface area is 164 Å². The van der Waals surface area contributed by atoms with Gasteiger partial charge in [-0.25, -0.2) is 4.98 Å². The van der Waals surface area contributed by atoms with Crippen molar-refractivity contribution >= 4 is 17.6 Å². The van der Waals surface area contributed by atoms with Gasteiger partial charge in [-0.15, -0.1) is 0 Å². The van der Waals surface area contributed by atoms with E-state index in [1.165, 1.54) is 14.2 Å². The molecule has 1 aromatic carbocycles. The summed E-state index contributed by atoms with van der Waals surface area (Å²) in [6.45, 7) is 2.90. The molecule has 28 heavy (non-hydrogen) atoms. The van der Waals surface area contributed by atoms with E-state index in [9.17, 15) is 9.59 Å². The van der Waals surface area contributed by atoms with Gasteiger partial charge in [-0.05, 0) is 43.5 Å². The molecule has 1 fully saturated rings. The fourth-order valence-corrected chi connectivity index (χ4v) is 3.37. The summed E-state index contributed by atoms with van der Waals surface area (Å²) < 4.78 is 10.7. The number of nitrogens with zero attached hydrogens (tertiary/aromatic N) is 2. The van der Waals surface area contributed by atoms with Crippen molar-refractivity contribution in [1.82, 2.24) is 9.88 Å². The van der Waals surface area contributed by atoms with Crippen molar-refractivity contribution in [3.05, 3.63) is 47.7 Å². The van der Waals surface area contributed by atoms with Crippen molar-refractivity contribution in [2.24, 2.45) is 5.92 Å². The first-order valence-electron chi connectivity index (χ1n) is 9.27. The van der Waals surface area contributed by atoms with Crippen molar-refractivity contribution in [3.8, 4) is 11.5 Å². The largest absolute Gasteiger partial charge is 0.493 e. The summed E-state index contributed by atoms with van der Waals surface area (Å²) in [5, 5.41) is 2.85. The molecule has 1 N–H and O–H groups in total. The number of carbonyl (C=O) groups is 2. The zero-order valence-corrected chi connectivity index (χ0v) is 16.4. The van der Waals surface area contributed by atoms with E-state index in [-0.39, 0.29) is 17.7 Å². The summed E-state index contributed by atoms with van der Waals surface area (Å²) in [5.41, 5.74) is 1.46. The van der Waals surface area contributed by atoms with Gasteiger partial charge in [0.1, 0.15) is 5.82 Å². The number of piperidine rings is 1. The lowest BCUT2D eigenvalue weighted by atomic mass is 9.96. The molecule has 3 rings (SSSR count). The zero-order chi connectivity index (χ0) is 20.1. The Balaban J connectivity index is 1.71. The highest BCUT2D eigenvalue weighted by molar-refractivity contribution is 5.98. The molecule has 0 saturated carbocycles. The highest BCUT2D eigenvalue weighted by atomic mass is 16.5. The van der Waals surface area contributed by atoms with Gasteiger partial charge in [-0.1, -0.05) is 12.1 Å². The predicted octanol–water partition coefficient (Wildman–Crippen LogP) is 2.90. The Morgan fingerprint density at radius 1 is 1.18 bits per heavy atom. The van der Waals surface area contributed by atoms with Gasteiger partial charge in [0.25, 0.3) is 5.91 Å². The SMILES string of the molecule is COc1cccc(C(=O)N2CCCC(C(=O)Nc3ccc(C)cn3)C2)c1OC. The maximum absolute atomic E-state index is 13.1. The van der Waals surface area contributed by atoms with E-state index in [4.69, 9.17) is 9.47 Å². The second kappa shape index (κ2) is 8.73. The van der Waals surface area contributed by atoms with Crippen LogP contribution in [0.1, 0.15) is 28.8 Å². The van der Waals surface area contributed by atoms with Gasteiger partial charge in [-0.3, -0.25) is 9.59 Å². The van der Waals surface area contributed by atoms with Crippen LogP contribution in [0.15, 0.2) is 36.5 Å². The van der Waals surface area contributed by atoms with Crippen molar-refractivity contribution < 1.29 is 19.1 Å². The number of para-hydroxylation sites is 1. The predicted molar refractivity (Wildman–Crippen MR) is 106 cm³/mol. The third kappa shape index (κ3) is 4.24. The molecular formula is C21H25N3O4. The standard InChI is InChI=1S/C21H25N3O4/c1-14-9-10-18(22-12-14)23-20(25)15-6-5-11-24(13-15)21(26)16-7-4-8-17(27-2)19(16)28-3/h4,7-10,12,15H,5-6,11,13H2,1-3H3,(H,22,23,25). The molecule has 1 saturated heterocycles. The van der Waals surface area contributed by atoms with Gasteiger partial charge in [0.05, 0.1) is 25.7 Å². The number of ether oxygens (including phenoxy) is 2. The van der Waals surface area contributed by atoms with E-state index in [1.807, 2.05) is 13.0 Å². The molecule has 1 aromatic heterocycles. The summed E-state index contributed by atoms with van der Waals surface area (Å²) in [4.78, 5) is 31.6. The summed E-state index contributed by atoms with van der Waals surface area (Å²) in [5.74, 6) is 0.870. The number of amides is 2. The van der Waals surface area contributed by atoms with Crippen LogP contribution in [0.5, 0.6) is 11.5 Å². The normalized spacial score (nSPS) is 16.4. The lowest BCUT2D eigenvalue weighted by Gasteiger charge is -2.32. The Morgan fingerprint density at radius 3 is 2.68 bits per heavy atom. The second-order valence-electron chi connectivity index (χ2n) is 6.84. The smallest absolute Gasteiger partial charge is 0.257 e. The molecule has 0 radical (unpaired) electrons. The van der Waals surface area contributed by atoms with Crippen LogP contribution in [-0.2, 0) is 4.79 Å². The van der Waals surface area contributed by atoms with Crippen LogP contribution in [0.4, 0.5) is 5.82 Å². The number of pyridine rings is 1. The fraction of sp³-hybridized carbons (Fsp3) is 0.381. The molecule has 7 heteroatoms. The van der Waals surface area contributed by atoms with Gasteiger partial charge < -0.3 is 19.7 Å². The number of rotatable bonds is 5. The quantitative estimate of drug-likeness (QED) is 0.859. The highest BCUT2D eigenvalue weighted by Crippen LogP contribution is 2.32. The van der Waals surface area contributed by atoms with Crippen LogP contribution >= 0.6 is 0 Å². The van der Waals surface area contributed by atoms with E-state index in [1.54, 1.807) is 35.4 Å². The summed E-state index contributed by atoms with van der Waals surface area (Å²) in [6, 6.07) is 8.89. The lowest BCUT2D eigenvalue weighted by Crippen LogP contribution is -2.44. The monoisotopic (exact) mass is 383 g/mol. The molecule has 0 aliphatic carbocycles. The molecule has 2 aromatic rings. The molecule has 148 valence electrons. The Kier molecular flexibility index (Phi) is 6.13. The molecular weight excluding hydrogens is 358 g/mol. The number of benzene rings is 1. The van der Waals surface area contributed by atoms with E-state index in [0.29, 0.717) is 36.0 Å². The molecule has 0 spiro atoms. The molecule has 1 unspecified atom stereocenters. The Bertz CT molecular complexity index is 851. The Morgan fingerprint density at radius 2 is 2.00 bits per heavy atom. The topological polar surface area (TPSA) is 80.8 Å². The average Bonchev–Trinajstić information content (AvgIpc) is 2.74. The van der Waals surface area contributed by atoms with Gasteiger partial charge >= 0.3 is 0 Å². The number of anilines is 1. The van der Waals surface area contributed by atoms with Crippen LogP contribution in [0.2, 0.25) is 0 Å². The molecule has 1 atom stereocenters. The number of hydrogen-bond acceptors (Lipinski definition) is 5. The first-order valence-corrected chi connectivity index (χ1v) is 9.27. The van der Waals surface area contributed by atoms with Gasteiger partial charge in [0, 0.05) is 19.3 Å². The molecule has 2 amide bonds. The number of hydrogen-bond donors (Lipinski definition) is 1. The Hall–Kier alpha value is -3.09. The number of aromatic nitrogens is 1. The van der Waals surface area contributed by atoms with Crippen molar-refractivity contribution in [1.29, 1.82) is 0 Å². The van der Waals surface area contributed by atoms with Crippen molar-refractivity contribution in [2.45, 2.75) is 19.8 Å². The van der Waals surface area contributed by atoms with E-state index < -0.39 is 0 Å². The number of nitrogens with one attached hydrogen (secondary N) is 1. The van der Waals surface area contributed by atoms with Gasteiger partial charge in [0.2, 0.25) is 5.91 Å². The summed E-state index contributed by atoms with van der Waals surface area (Å²) in [6.07, 6.45) is 3.20. The minimum atomic E-state index is -0.280. The minimum absolute atomic E-state index is 0.119. The number of likely N-dealkylation sites (tertiary alicyclic amines) is 1. The number of methoxy groups -OCH3 is 2. The molecule has 1 aliphatic heterocycles. The lowest BCUT2D eigenvalue weighted by molar-refractivity contribution is -0.121. The van der Waals surface area contributed by atoms with Gasteiger partial charge in [0.15, 0.2) is 11.5 Å². The van der Waals surface area contributed by atoms with Crippen LogP contribution in [-0.4, -0.2) is 49.0 Å². The fourth-order valence-electron chi connectivity index (χ4n) is 3.37. The van der Waals surface area contributed by atoms with Crippen molar-refractivity contribution in [3.63, 3.8) is 0 Å². The highest BCUT2D eigenvalue weighted by Gasteiger charge is 2.30. The second-order valence-corrected chi connectivity index (χ2v) is 6.84. The van der Waals surface area contributed by atoms with Crippen LogP contribution in [0, 0.1) is 12.8 Å². The third-order valence-electron chi connectivity index (χ3n) is 4.88. The number of carbonyl (C=O) groups excluding carboxylic acids is 2. The molecule has 0 bridgehead atoms. The van der Waals surface area contributed by atoms with Crippen LogP contribution in [0.3, 0.4) is 0 Å². The average molecular weight is 383 g/mol. The van der Waals surface area contributed by atoms with Crippen molar-refractivity contribution in [2.75, 3.05) is 32.6 Å². The summed E-state index contributed by atoms with van der Waals surface area (Å²) >= 11 is 0. The summed E-state index contributed by atoms with van der Waals surface area (Å²) in [7, 11) is 3.04. The maximum atomic E-state index is 13.1. The van der Waals surface area contributed by atoms with E-state index in [0.717, 1.165) is 18.4 Å².